The molecule has 0 aromatic heterocycles. The lowest BCUT2D eigenvalue weighted by atomic mass is 10.1. The van der Waals surface area contributed by atoms with Gasteiger partial charge in [0.05, 0.1) is 18.8 Å². The van der Waals surface area contributed by atoms with Crippen LogP contribution >= 0.6 is 31.9 Å². The van der Waals surface area contributed by atoms with Crippen molar-refractivity contribution >= 4 is 37.5 Å². The summed E-state index contributed by atoms with van der Waals surface area (Å²) in [5.74, 6) is 0.880. The molecule has 2 aromatic carbocycles. The smallest absolute Gasteiger partial charge is 0.143 e. The first-order valence-corrected chi connectivity index (χ1v) is 8.56. The zero-order chi connectivity index (χ0) is 15.0. The van der Waals surface area contributed by atoms with Gasteiger partial charge in [-0.15, -0.1) is 0 Å². The van der Waals surface area contributed by atoms with Crippen molar-refractivity contribution in [3.8, 4) is 5.75 Å². The number of halogens is 2. The molecular formula is C17H17Br2NO. The van der Waals surface area contributed by atoms with Crippen LogP contribution in [0.3, 0.4) is 0 Å². The van der Waals surface area contributed by atoms with Gasteiger partial charge in [-0.3, -0.25) is 0 Å². The van der Waals surface area contributed by atoms with Gasteiger partial charge in [0, 0.05) is 8.95 Å². The molecule has 4 heteroatoms. The molecule has 0 heterocycles. The van der Waals surface area contributed by atoms with Gasteiger partial charge in [-0.25, -0.2) is 0 Å². The highest BCUT2D eigenvalue weighted by Crippen LogP contribution is 2.41. The molecule has 1 atom stereocenters. The van der Waals surface area contributed by atoms with E-state index in [0.717, 1.165) is 28.8 Å². The Hall–Kier alpha value is -1.00. The minimum atomic E-state index is 0.339. The van der Waals surface area contributed by atoms with Crippen molar-refractivity contribution in [2.24, 2.45) is 0 Å². The molecule has 0 radical (unpaired) electrons. The summed E-state index contributed by atoms with van der Waals surface area (Å²) in [4.78, 5) is 0. The van der Waals surface area contributed by atoms with Gasteiger partial charge in [-0.2, -0.15) is 0 Å². The van der Waals surface area contributed by atoms with Crippen LogP contribution in [0.15, 0.2) is 39.3 Å². The number of hydrogen-bond donors (Lipinski definition) is 1. The molecule has 110 valence electrons. The number of rotatable bonds is 3. The van der Waals surface area contributed by atoms with E-state index in [1.807, 2.05) is 6.07 Å². The number of anilines is 1. The third kappa shape index (κ3) is 2.84. The molecule has 0 saturated heterocycles. The Bertz CT molecular complexity index is 685. The number of benzene rings is 2. The molecule has 1 N–H and O–H groups in total. The maximum absolute atomic E-state index is 5.53. The highest BCUT2D eigenvalue weighted by molar-refractivity contribution is 9.10. The number of nitrogens with one attached hydrogen (secondary N) is 1. The Labute approximate surface area is 142 Å². The average Bonchev–Trinajstić information content (AvgIpc) is 2.86. The fourth-order valence-electron chi connectivity index (χ4n) is 2.99. The fourth-order valence-corrected chi connectivity index (χ4v) is 4.12. The van der Waals surface area contributed by atoms with Crippen LogP contribution in [0.1, 0.15) is 29.2 Å². The minimum Gasteiger partial charge on any atom is -0.495 e. The zero-order valence-corrected chi connectivity index (χ0v) is 15.2. The lowest BCUT2D eigenvalue weighted by Gasteiger charge is -2.20. The van der Waals surface area contributed by atoms with Crippen molar-refractivity contribution in [3.63, 3.8) is 0 Å². The third-order valence-electron chi connectivity index (χ3n) is 4.02. The summed E-state index contributed by atoms with van der Waals surface area (Å²) < 4.78 is 7.78. The third-order valence-corrected chi connectivity index (χ3v) is 5.22. The van der Waals surface area contributed by atoms with E-state index in [1.165, 1.54) is 21.2 Å². The number of aryl methyl sites for hydroxylation is 1. The van der Waals surface area contributed by atoms with Gasteiger partial charge in [-0.05, 0) is 54.7 Å². The number of hydrogen-bond acceptors (Lipinski definition) is 2. The summed E-state index contributed by atoms with van der Waals surface area (Å²) in [6.07, 6.45) is 2.21. The van der Waals surface area contributed by atoms with Crippen molar-refractivity contribution in [1.82, 2.24) is 0 Å². The van der Waals surface area contributed by atoms with Crippen LogP contribution in [-0.4, -0.2) is 7.11 Å². The summed E-state index contributed by atoms with van der Waals surface area (Å²) in [6, 6.07) is 10.9. The minimum absolute atomic E-state index is 0.339. The van der Waals surface area contributed by atoms with Crippen LogP contribution in [0.5, 0.6) is 5.75 Å². The molecule has 1 unspecified atom stereocenters. The molecule has 1 aliphatic carbocycles. The van der Waals surface area contributed by atoms with E-state index in [9.17, 15) is 0 Å². The fraction of sp³-hybridized carbons (Fsp3) is 0.294. The van der Waals surface area contributed by atoms with E-state index in [1.54, 1.807) is 7.11 Å². The second-order valence-electron chi connectivity index (χ2n) is 5.34. The largest absolute Gasteiger partial charge is 0.495 e. The lowest BCUT2D eigenvalue weighted by molar-refractivity contribution is 0.415. The van der Waals surface area contributed by atoms with Crippen LogP contribution in [-0.2, 0) is 6.42 Å². The van der Waals surface area contributed by atoms with Crippen LogP contribution < -0.4 is 10.1 Å². The summed E-state index contributed by atoms with van der Waals surface area (Å²) in [5.41, 5.74) is 5.07. The average molecular weight is 411 g/mol. The Morgan fingerprint density at radius 2 is 2.05 bits per heavy atom. The van der Waals surface area contributed by atoms with Crippen LogP contribution in [0.25, 0.3) is 0 Å². The molecule has 1 aliphatic rings. The Balaban J connectivity index is 1.95. The summed E-state index contributed by atoms with van der Waals surface area (Å²) in [7, 11) is 1.71. The maximum atomic E-state index is 5.53. The summed E-state index contributed by atoms with van der Waals surface area (Å²) in [6.45, 7) is 2.10. The quantitative estimate of drug-likeness (QED) is 0.707. The molecule has 21 heavy (non-hydrogen) atoms. The highest BCUT2D eigenvalue weighted by Gasteiger charge is 2.25. The first kappa shape index (κ1) is 14.9. The van der Waals surface area contributed by atoms with E-state index in [4.69, 9.17) is 4.74 Å². The lowest BCUT2D eigenvalue weighted by Crippen LogP contribution is -2.09. The highest BCUT2D eigenvalue weighted by atomic mass is 79.9. The van der Waals surface area contributed by atoms with Crippen LogP contribution in [0.4, 0.5) is 5.69 Å². The molecular weight excluding hydrogens is 394 g/mol. The van der Waals surface area contributed by atoms with Gasteiger partial charge in [0.25, 0.3) is 0 Å². The second-order valence-corrected chi connectivity index (χ2v) is 7.11. The molecule has 0 amide bonds. The SMILES string of the molecule is COc1cc(Br)cc(C)c1NC1CCc2c(Br)cccc21. The molecule has 0 aliphatic heterocycles. The Morgan fingerprint density at radius 3 is 2.81 bits per heavy atom. The van der Waals surface area contributed by atoms with Crippen molar-refractivity contribution in [2.75, 3.05) is 12.4 Å². The molecule has 0 spiro atoms. The molecule has 2 aromatic rings. The molecule has 3 rings (SSSR count). The van der Waals surface area contributed by atoms with Gasteiger partial charge in [-0.1, -0.05) is 44.0 Å². The van der Waals surface area contributed by atoms with Crippen molar-refractivity contribution < 1.29 is 4.74 Å². The van der Waals surface area contributed by atoms with Crippen molar-refractivity contribution in [2.45, 2.75) is 25.8 Å². The second kappa shape index (κ2) is 6.01. The monoisotopic (exact) mass is 409 g/mol. The van der Waals surface area contributed by atoms with Gasteiger partial charge < -0.3 is 10.1 Å². The summed E-state index contributed by atoms with van der Waals surface area (Å²) >= 11 is 7.18. The topological polar surface area (TPSA) is 21.3 Å². The van der Waals surface area contributed by atoms with Gasteiger partial charge in [0.15, 0.2) is 0 Å². The van der Waals surface area contributed by atoms with Crippen LogP contribution in [0, 0.1) is 6.92 Å². The number of methoxy groups -OCH3 is 1. The van der Waals surface area contributed by atoms with Gasteiger partial charge in [0.2, 0.25) is 0 Å². The van der Waals surface area contributed by atoms with Gasteiger partial charge >= 0.3 is 0 Å². The Morgan fingerprint density at radius 1 is 1.24 bits per heavy atom. The Kier molecular flexibility index (Phi) is 4.27. The number of ether oxygens (including phenoxy) is 1. The normalized spacial score (nSPS) is 16.7. The molecule has 0 bridgehead atoms. The maximum Gasteiger partial charge on any atom is 0.143 e. The molecule has 0 saturated carbocycles. The van der Waals surface area contributed by atoms with E-state index in [-0.39, 0.29) is 0 Å². The molecule has 0 fully saturated rings. The summed E-state index contributed by atoms with van der Waals surface area (Å²) in [5, 5.41) is 3.67. The first-order valence-electron chi connectivity index (χ1n) is 6.98. The zero-order valence-electron chi connectivity index (χ0n) is 12.0. The van der Waals surface area contributed by atoms with E-state index in [0.29, 0.717) is 6.04 Å². The van der Waals surface area contributed by atoms with Crippen molar-refractivity contribution in [3.05, 3.63) is 56.0 Å². The van der Waals surface area contributed by atoms with E-state index < -0.39 is 0 Å². The van der Waals surface area contributed by atoms with E-state index in [2.05, 4.69) is 68.4 Å². The first-order chi connectivity index (χ1) is 10.1. The predicted molar refractivity (Wildman–Crippen MR) is 94.3 cm³/mol. The van der Waals surface area contributed by atoms with E-state index >= 15 is 0 Å². The van der Waals surface area contributed by atoms with Crippen molar-refractivity contribution in [1.29, 1.82) is 0 Å². The van der Waals surface area contributed by atoms with Crippen LogP contribution in [0.2, 0.25) is 0 Å². The standard InChI is InChI=1S/C17H17Br2NO/c1-10-8-11(18)9-16(21-2)17(10)20-15-7-6-12-13(15)4-3-5-14(12)19/h3-5,8-9,15,20H,6-7H2,1-2H3. The van der Waals surface area contributed by atoms with Gasteiger partial charge in [0.1, 0.15) is 5.75 Å². The molecule has 2 nitrogen and oxygen atoms in total. The number of fused-ring (bicyclic) bond motifs is 1. The predicted octanol–water partition coefficient (Wildman–Crippen LogP) is 5.63.